The maximum atomic E-state index is 14.0. The van der Waals surface area contributed by atoms with Crippen LogP contribution in [0.25, 0.3) is 11.4 Å². The summed E-state index contributed by atoms with van der Waals surface area (Å²) in [5.74, 6) is -0.451. The fraction of sp³-hybridized carbons (Fsp3) is 0.118. The van der Waals surface area contributed by atoms with Crippen molar-refractivity contribution in [3.8, 4) is 11.4 Å². The number of rotatable bonds is 5. The van der Waals surface area contributed by atoms with Crippen molar-refractivity contribution in [3.05, 3.63) is 66.0 Å². The Balaban J connectivity index is 1.94. The van der Waals surface area contributed by atoms with Crippen molar-refractivity contribution in [2.24, 2.45) is 12.8 Å². The molecule has 0 aliphatic rings. The summed E-state index contributed by atoms with van der Waals surface area (Å²) in [7, 11) is 1.73. The zero-order valence-corrected chi connectivity index (χ0v) is 13.7. The molecule has 0 bridgehead atoms. The summed E-state index contributed by atoms with van der Waals surface area (Å²) in [5.41, 5.74) is 6.67. The minimum absolute atomic E-state index is 0.356. The number of carbonyl (C=O) groups is 1. The Hall–Kier alpha value is -2.67. The SMILES string of the molecule is Cn1c(S[C@@H](C(N)=O)c2ccccc2)nnc1-c1ccccc1F. The van der Waals surface area contributed by atoms with Gasteiger partial charge in [0.15, 0.2) is 11.0 Å². The number of halogens is 1. The minimum atomic E-state index is -0.595. The van der Waals surface area contributed by atoms with Gasteiger partial charge in [-0.3, -0.25) is 4.79 Å². The first-order valence-corrected chi connectivity index (χ1v) is 8.11. The van der Waals surface area contributed by atoms with Crippen molar-refractivity contribution in [3.63, 3.8) is 0 Å². The van der Waals surface area contributed by atoms with Gasteiger partial charge in [-0.25, -0.2) is 4.39 Å². The summed E-state index contributed by atoms with van der Waals surface area (Å²) in [6, 6.07) is 15.6. The summed E-state index contributed by atoms with van der Waals surface area (Å²) in [6.07, 6.45) is 0. The van der Waals surface area contributed by atoms with E-state index in [0.29, 0.717) is 16.5 Å². The first-order chi connectivity index (χ1) is 11.6. The van der Waals surface area contributed by atoms with Crippen molar-refractivity contribution in [2.75, 3.05) is 0 Å². The molecule has 1 amide bonds. The summed E-state index contributed by atoms with van der Waals surface area (Å²) in [6.45, 7) is 0. The lowest BCUT2D eigenvalue weighted by atomic mass is 10.1. The highest BCUT2D eigenvalue weighted by Crippen LogP contribution is 2.35. The lowest BCUT2D eigenvalue weighted by Gasteiger charge is -2.12. The Morgan fingerprint density at radius 1 is 1.12 bits per heavy atom. The van der Waals surface area contributed by atoms with Gasteiger partial charge in [0.25, 0.3) is 0 Å². The highest BCUT2D eigenvalue weighted by atomic mass is 32.2. The van der Waals surface area contributed by atoms with Gasteiger partial charge < -0.3 is 10.3 Å². The summed E-state index contributed by atoms with van der Waals surface area (Å²) in [5, 5.41) is 8.03. The molecule has 0 saturated carbocycles. The molecule has 0 unspecified atom stereocenters. The molecule has 0 radical (unpaired) electrons. The molecular weight excluding hydrogens is 327 g/mol. The summed E-state index contributed by atoms with van der Waals surface area (Å²) >= 11 is 1.19. The van der Waals surface area contributed by atoms with Gasteiger partial charge in [0.05, 0.1) is 5.56 Å². The fourth-order valence-electron chi connectivity index (χ4n) is 2.32. The van der Waals surface area contributed by atoms with Gasteiger partial charge in [-0.05, 0) is 17.7 Å². The zero-order chi connectivity index (χ0) is 17.1. The molecule has 2 N–H and O–H groups in total. The molecule has 0 aliphatic carbocycles. The van der Waals surface area contributed by atoms with Crippen LogP contribution in [0.1, 0.15) is 10.8 Å². The minimum Gasteiger partial charge on any atom is -0.368 e. The van der Waals surface area contributed by atoms with Gasteiger partial charge in [-0.2, -0.15) is 0 Å². The second-order valence-electron chi connectivity index (χ2n) is 5.16. The van der Waals surface area contributed by atoms with Crippen LogP contribution < -0.4 is 5.73 Å². The molecule has 3 aromatic rings. The van der Waals surface area contributed by atoms with Crippen molar-refractivity contribution >= 4 is 17.7 Å². The molecule has 1 atom stereocenters. The fourth-order valence-corrected chi connectivity index (χ4v) is 3.27. The monoisotopic (exact) mass is 342 g/mol. The van der Waals surface area contributed by atoms with E-state index < -0.39 is 11.2 Å². The number of nitrogens with two attached hydrogens (primary N) is 1. The van der Waals surface area contributed by atoms with E-state index >= 15 is 0 Å². The Morgan fingerprint density at radius 3 is 2.46 bits per heavy atom. The molecule has 5 nitrogen and oxygen atoms in total. The van der Waals surface area contributed by atoms with E-state index in [2.05, 4.69) is 10.2 Å². The average molecular weight is 342 g/mol. The molecule has 0 fully saturated rings. The number of benzene rings is 2. The molecule has 24 heavy (non-hydrogen) atoms. The number of amides is 1. The molecule has 2 aromatic carbocycles. The third-order valence-electron chi connectivity index (χ3n) is 3.53. The smallest absolute Gasteiger partial charge is 0.235 e. The maximum Gasteiger partial charge on any atom is 0.235 e. The maximum absolute atomic E-state index is 14.0. The van der Waals surface area contributed by atoms with Crippen LogP contribution in [0, 0.1) is 5.82 Å². The summed E-state index contributed by atoms with van der Waals surface area (Å²) < 4.78 is 15.6. The third kappa shape index (κ3) is 3.16. The van der Waals surface area contributed by atoms with Crippen molar-refractivity contribution in [1.29, 1.82) is 0 Å². The summed E-state index contributed by atoms with van der Waals surface area (Å²) in [4.78, 5) is 11.8. The van der Waals surface area contributed by atoms with Crippen LogP contribution in [0.2, 0.25) is 0 Å². The van der Waals surface area contributed by atoms with Crippen LogP contribution in [0.4, 0.5) is 4.39 Å². The Morgan fingerprint density at radius 2 is 1.79 bits per heavy atom. The van der Waals surface area contributed by atoms with Crippen LogP contribution in [0.5, 0.6) is 0 Å². The lowest BCUT2D eigenvalue weighted by Crippen LogP contribution is -2.19. The van der Waals surface area contributed by atoms with Crippen molar-refractivity contribution in [2.45, 2.75) is 10.4 Å². The molecule has 3 rings (SSSR count). The second-order valence-corrected chi connectivity index (χ2v) is 6.23. The third-order valence-corrected chi connectivity index (χ3v) is 4.84. The highest BCUT2D eigenvalue weighted by molar-refractivity contribution is 8.00. The largest absolute Gasteiger partial charge is 0.368 e. The van der Waals surface area contributed by atoms with E-state index in [1.165, 1.54) is 17.8 Å². The lowest BCUT2D eigenvalue weighted by molar-refractivity contribution is -0.117. The van der Waals surface area contributed by atoms with Gasteiger partial charge >= 0.3 is 0 Å². The van der Waals surface area contributed by atoms with Crippen molar-refractivity contribution < 1.29 is 9.18 Å². The molecule has 0 spiro atoms. The number of aromatic nitrogens is 3. The predicted octanol–water partition coefficient (Wildman–Crippen LogP) is 2.94. The normalized spacial score (nSPS) is 12.1. The van der Waals surface area contributed by atoms with Crippen LogP contribution in [-0.2, 0) is 11.8 Å². The predicted molar refractivity (Wildman–Crippen MR) is 90.6 cm³/mol. The van der Waals surface area contributed by atoms with Gasteiger partial charge in [-0.15, -0.1) is 10.2 Å². The Kier molecular flexibility index (Phi) is 4.61. The van der Waals surface area contributed by atoms with Crippen LogP contribution >= 0.6 is 11.8 Å². The second kappa shape index (κ2) is 6.84. The molecule has 122 valence electrons. The quantitative estimate of drug-likeness (QED) is 0.724. The molecule has 7 heteroatoms. The number of nitrogens with zero attached hydrogens (tertiary/aromatic N) is 3. The molecule has 1 aromatic heterocycles. The van der Waals surface area contributed by atoms with Gasteiger partial charge in [0.2, 0.25) is 5.91 Å². The Bertz CT molecular complexity index is 866. The molecule has 1 heterocycles. The number of carbonyl (C=O) groups excluding carboxylic acids is 1. The average Bonchev–Trinajstić information content (AvgIpc) is 2.94. The molecular formula is C17H15FN4OS. The van der Waals surface area contributed by atoms with E-state index in [0.717, 1.165) is 5.56 Å². The zero-order valence-electron chi connectivity index (χ0n) is 12.9. The van der Waals surface area contributed by atoms with Gasteiger partial charge in [-0.1, -0.05) is 54.2 Å². The molecule has 0 saturated heterocycles. The van der Waals surface area contributed by atoms with E-state index in [1.54, 1.807) is 29.8 Å². The van der Waals surface area contributed by atoms with Crippen LogP contribution in [0.15, 0.2) is 59.8 Å². The van der Waals surface area contributed by atoms with E-state index in [4.69, 9.17) is 5.73 Å². The van der Waals surface area contributed by atoms with Gasteiger partial charge in [0, 0.05) is 7.05 Å². The van der Waals surface area contributed by atoms with Crippen LogP contribution in [-0.4, -0.2) is 20.7 Å². The standard InChI is InChI=1S/C17H15FN4OS/c1-22-16(12-9-5-6-10-13(12)18)20-21-17(22)24-14(15(19)23)11-7-3-2-4-8-11/h2-10,14H,1H3,(H2,19,23)/t14-/m1/s1. The van der Waals surface area contributed by atoms with E-state index in [9.17, 15) is 9.18 Å². The van der Waals surface area contributed by atoms with Crippen molar-refractivity contribution in [1.82, 2.24) is 14.8 Å². The number of primary amides is 1. The number of hydrogen-bond donors (Lipinski definition) is 1. The first-order valence-electron chi connectivity index (χ1n) is 7.23. The first kappa shape index (κ1) is 16.2. The molecule has 0 aliphatic heterocycles. The van der Waals surface area contributed by atoms with Gasteiger partial charge in [0.1, 0.15) is 11.1 Å². The Labute approximate surface area is 142 Å². The van der Waals surface area contributed by atoms with Crippen LogP contribution in [0.3, 0.4) is 0 Å². The number of hydrogen-bond acceptors (Lipinski definition) is 4. The highest BCUT2D eigenvalue weighted by Gasteiger charge is 2.23. The van der Waals surface area contributed by atoms with E-state index in [1.807, 2.05) is 30.3 Å². The topological polar surface area (TPSA) is 73.8 Å². The number of thioether (sulfide) groups is 1. The van der Waals surface area contributed by atoms with E-state index in [-0.39, 0.29) is 5.82 Å².